The molecule has 0 aromatic carbocycles. The molecule has 0 aliphatic carbocycles. The molecule has 0 saturated carbocycles. The molecule has 0 N–H and O–H groups in total. The molecule has 0 atom stereocenters. The van der Waals surface area contributed by atoms with Crippen LogP contribution in [0, 0.1) is 0 Å². The summed E-state index contributed by atoms with van der Waals surface area (Å²) in [4.78, 5) is 0. The quantitative estimate of drug-likeness (QED) is 0.495. The van der Waals surface area contributed by atoms with E-state index in [0.717, 1.165) is 13.8 Å². The molecule has 0 amide bonds. The molecule has 0 aromatic rings. The van der Waals surface area contributed by atoms with E-state index in [2.05, 4.69) is 0 Å². The number of allylic oxidation sites excluding steroid dienone is 2. The molecule has 84 valence electrons. The van der Waals surface area contributed by atoms with Crippen molar-refractivity contribution in [2.45, 2.75) is 26.7 Å². The summed E-state index contributed by atoms with van der Waals surface area (Å²) >= 11 is 0. The molecule has 0 spiro atoms. The molecule has 0 aliphatic heterocycles. The summed E-state index contributed by atoms with van der Waals surface area (Å²) in [6.45, 7) is -8.87. The van der Waals surface area contributed by atoms with Crippen molar-refractivity contribution in [3.05, 3.63) is 10.9 Å². The lowest BCUT2D eigenvalue weighted by Crippen LogP contribution is -2.29. The summed E-state index contributed by atoms with van der Waals surface area (Å²) < 4.78 is 73.2. The van der Waals surface area contributed by atoms with E-state index in [1.54, 1.807) is 0 Å². The minimum Gasteiger partial charge on any atom is -0.445 e. The van der Waals surface area contributed by atoms with Gasteiger partial charge in [-0.15, -0.1) is 0 Å². The van der Waals surface area contributed by atoms with Crippen molar-refractivity contribution >= 4 is 14.0 Å². The topological polar surface area (TPSA) is 0 Å². The van der Waals surface area contributed by atoms with Gasteiger partial charge in [0.15, 0.2) is 0 Å². The second-order valence-electron chi connectivity index (χ2n) is 2.91. The maximum absolute atomic E-state index is 12.2. The Labute approximate surface area is 78.5 Å². The molecular formula is C6H10B2F6-2. The Morgan fingerprint density at radius 2 is 0.929 bits per heavy atom. The Bertz CT molecular complexity index is 201. The lowest BCUT2D eigenvalue weighted by atomic mass is 9.63. The highest BCUT2D eigenvalue weighted by Gasteiger charge is 2.35. The summed E-state index contributed by atoms with van der Waals surface area (Å²) in [5.74, 6) is 0. The van der Waals surface area contributed by atoms with Crippen LogP contribution in [0.2, 0.25) is 0 Å². The summed E-state index contributed by atoms with van der Waals surface area (Å²) in [7, 11) is 0. The lowest BCUT2D eigenvalue weighted by molar-refractivity contribution is 0.469. The predicted molar refractivity (Wildman–Crippen MR) is 45.8 cm³/mol. The van der Waals surface area contributed by atoms with E-state index >= 15 is 0 Å². The first-order valence-corrected chi connectivity index (χ1v) is 4.26. The van der Waals surface area contributed by atoms with Crippen molar-refractivity contribution in [1.29, 1.82) is 0 Å². The number of hydrogen-bond acceptors (Lipinski definition) is 0. The standard InChI is InChI=1S/C6H10B2F6/c1-3-5(7(9,10)11)6(4-2)8(12,13)14/h3-4H2,1-2H3/q-2/b6-5-. The van der Waals surface area contributed by atoms with Crippen LogP contribution in [0.15, 0.2) is 10.9 Å². The zero-order valence-electron chi connectivity index (χ0n) is 7.84. The fraction of sp³-hybridized carbons (Fsp3) is 0.667. The highest BCUT2D eigenvalue weighted by atomic mass is 19.4. The van der Waals surface area contributed by atoms with Crippen molar-refractivity contribution in [2.75, 3.05) is 0 Å². The average Bonchev–Trinajstić information content (AvgIpc) is 1.94. The van der Waals surface area contributed by atoms with Gasteiger partial charge in [0.1, 0.15) is 0 Å². The third kappa shape index (κ3) is 3.31. The Morgan fingerprint density at radius 1 is 0.714 bits per heavy atom. The van der Waals surface area contributed by atoms with Gasteiger partial charge in [0.05, 0.1) is 0 Å². The Morgan fingerprint density at radius 3 is 1.00 bits per heavy atom. The van der Waals surface area contributed by atoms with Crippen molar-refractivity contribution in [3.8, 4) is 0 Å². The van der Waals surface area contributed by atoms with E-state index in [4.69, 9.17) is 0 Å². The van der Waals surface area contributed by atoms with Crippen LogP contribution >= 0.6 is 0 Å². The first-order valence-electron chi connectivity index (χ1n) is 4.26. The molecule has 0 saturated heterocycles. The molecule has 0 aromatic heterocycles. The van der Waals surface area contributed by atoms with Gasteiger partial charge in [0.2, 0.25) is 0 Å². The van der Waals surface area contributed by atoms with Crippen LogP contribution in [0.1, 0.15) is 26.7 Å². The molecule has 0 unspecified atom stereocenters. The van der Waals surface area contributed by atoms with Gasteiger partial charge in [-0.1, -0.05) is 26.7 Å². The van der Waals surface area contributed by atoms with E-state index in [1.165, 1.54) is 0 Å². The summed E-state index contributed by atoms with van der Waals surface area (Å²) in [5, 5.41) is 0. The minimum atomic E-state index is -5.52. The maximum atomic E-state index is 12.2. The molecule has 0 bridgehead atoms. The van der Waals surface area contributed by atoms with Crippen LogP contribution in [0.25, 0.3) is 0 Å². The van der Waals surface area contributed by atoms with Crippen LogP contribution in [-0.4, -0.2) is 14.0 Å². The first kappa shape index (κ1) is 13.4. The molecule has 0 aliphatic rings. The fourth-order valence-electron chi connectivity index (χ4n) is 1.34. The maximum Gasteiger partial charge on any atom is 0.502 e. The first-order chi connectivity index (χ1) is 6.14. The smallest absolute Gasteiger partial charge is 0.445 e. The lowest BCUT2D eigenvalue weighted by Gasteiger charge is -2.29. The molecule has 0 fully saturated rings. The Hall–Kier alpha value is -0.550. The van der Waals surface area contributed by atoms with Crippen LogP contribution < -0.4 is 0 Å². The molecule has 0 radical (unpaired) electrons. The Balaban J connectivity index is 5.36. The molecule has 8 heteroatoms. The third-order valence-corrected chi connectivity index (χ3v) is 1.96. The van der Waals surface area contributed by atoms with E-state index in [0.29, 0.717) is 0 Å². The molecule has 0 rings (SSSR count). The average molecular weight is 218 g/mol. The summed E-state index contributed by atoms with van der Waals surface area (Å²) in [6, 6.07) is 0. The van der Waals surface area contributed by atoms with Gasteiger partial charge in [-0.05, 0) is 0 Å². The highest BCUT2D eigenvalue weighted by Crippen LogP contribution is 2.33. The second-order valence-corrected chi connectivity index (χ2v) is 2.91. The molecular weight excluding hydrogens is 208 g/mol. The SMILES string of the molecule is CC/C(=C(\CC)[B-](F)(F)F)[B-](F)(F)F. The zero-order valence-corrected chi connectivity index (χ0v) is 7.84. The normalized spacial score (nSPS) is 15.4. The predicted octanol–water partition coefficient (Wildman–Crippen LogP) is 3.88. The molecule has 0 nitrogen and oxygen atoms in total. The van der Waals surface area contributed by atoms with Crippen LogP contribution in [0.4, 0.5) is 25.9 Å². The van der Waals surface area contributed by atoms with Gasteiger partial charge < -0.3 is 25.9 Å². The molecule has 0 heterocycles. The summed E-state index contributed by atoms with van der Waals surface area (Å²) in [5.41, 5.74) is -2.78. The van der Waals surface area contributed by atoms with Crippen LogP contribution in [0.3, 0.4) is 0 Å². The van der Waals surface area contributed by atoms with Gasteiger partial charge >= 0.3 is 14.0 Å². The van der Waals surface area contributed by atoms with Crippen molar-refractivity contribution in [1.82, 2.24) is 0 Å². The largest absolute Gasteiger partial charge is 0.502 e. The van der Waals surface area contributed by atoms with Gasteiger partial charge in [-0.25, -0.2) is 0 Å². The monoisotopic (exact) mass is 218 g/mol. The highest BCUT2D eigenvalue weighted by molar-refractivity contribution is 6.73. The number of hydrogen-bond donors (Lipinski definition) is 0. The number of rotatable bonds is 4. The van der Waals surface area contributed by atoms with E-state index < -0.39 is 37.7 Å². The fourth-order valence-corrected chi connectivity index (χ4v) is 1.34. The van der Waals surface area contributed by atoms with Gasteiger partial charge in [-0.3, -0.25) is 0 Å². The van der Waals surface area contributed by atoms with E-state index in [9.17, 15) is 25.9 Å². The van der Waals surface area contributed by atoms with Crippen LogP contribution in [-0.2, 0) is 0 Å². The van der Waals surface area contributed by atoms with Crippen molar-refractivity contribution in [2.24, 2.45) is 0 Å². The van der Waals surface area contributed by atoms with E-state index in [-0.39, 0.29) is 0 Å². The third-order valence-electron chi connectivity index (χ3n) is 1.96. The van der Waals surface area contributed by atoms with Gasteiger partial charge in [0, 0.05) is 0 Å². The number of halogens is 6. The van der Waals surface area contributed by atoms with Crippen LogP contribution in [0.5, 0.6) is 0 Å². The zero-order chi connectivity index (χ0) is 11.6. The summed E-state index contributed by atoms with van der Waals surface area (Å²) in [6.07, 6.45) is -1.23. The van der Waals surface area contributed by atoms with Crippen molar-refractivity contribution < 1.29 is 25.9 Å². The minimum absolute atomic E-state index is 0.617. The second kappa shape index (κ2) is 4.31. The Kier molecular flexibility index (Phi) is 4.14. The van der Waals surface area contributed by atoms with E-state index in [1.807, 2.05) is 0 Å². The van der Waals surface area contributed by atoms with Crippen molar-refractivity contribution in [3.63, 3.8) is 0 Å². The van der Waals surface area contributed by atoms with Gasteiger partial charge in [0.25, 0.3) is 0 Å². The molecule has 14 heavy (non-hydrogen) atoms. The van der Waals surface area contributed by atoms with Gasteiger partial charge in [-0.2, -0.15) is 10.9 Å².